The van der Waals surface area contributed by atoms with Crippen LogP contribution in [0.3, 0.4) is 0 Å². The molecule has 0 N–H and O–H groups in total. The molecule has 82 valence electrons. The third kappa shape index (κ3) is 2.10. The van der Waals surface area contributed by atoms with Gasteiger partial charge in [0.1, 0.15) is 12.1 Å². The monoisotopic (exact) mass is 242 g/mol. The molecule has 0 fully saturated rings. The maximum absolute atomic E-state index is 9.01. The predicted octanol–water partition coefficient (Wildman–Crippen LogP) is 1.10. The van der Waals surface area contributed by atoms with Crippen LogP contribution in [0.1, 0.15) is 11.1 Å². The van der Waals surface area contributed by atoms with Gasteiger partial charge in [-0.25, -0.2) is 4.68 Å². The van der Waals surface area contributed by atoms with Crippen LogP contribution in [0, 0.1) is 22.7 Å². The summed E-state index contributed by atoms with van der Waals surface area (Å²) in [6, 6.07) is 9.10. The fourth-order valence-electron chi connectivity index (χ4n) is 1.22. The van der Waals surface area contributed by atoms with E-state index in [4.69, 9.17) is 10.5 Å². The number of nitrogens with zero attached hydrogens (tertiary/aromatic N) is 6. The summed E-state index contributed by atoms with van der Waals surface area (Å²) >= 11 is 1.21. The average molecular weight is 242 g/mol. The summed E-state index contributed by atoms with van der Waals surface area (Å²) < 4.78 is 1.49. The Balaban J connectivity index is 2.49. The first-order valence-electron chi connectivity index (χ1n) is 4.59. The highest BCUT2D eigenvalue weighted by Gasteiger charge is 2.13. The highest BCUT2D eigenvalue weighted by Crippen LogP contribution is 2.30. The SMILES string of the molecule is Cn1nnnc1Sc1c(C#N)cccc1C#N. The summed E-state index contributed by atoms with van der Waals surface area (Å²) in [5, 5.41) is 29.5. The van der Waals surface area contributed by atoms with Gasteiger partial charge in [0.05, 0.1) is 16.0 Å². The van der Waals surface area contributed by atoms with E-state index in [-0.39, 0.29) is 0 Å². The van der Waals surface area contributed by atoms with E-state index in [0.717, 1.165) is 0 Å². The summed E-state index contributed by atoms with van der Waals surface area (Å²) in [6.07, 6.45) is 0. The van der Waals surface area contributed by atoms with Crippen LogP contribution >= 0.6 is 11.8 Å². The molecular weight excluding hydrogens is 236 g/mol. The van der Waals surface area contributed by atoms with Crippen molar-refractivity contribution >= 4 is 11.8 Å². The average Bonchev–Trinajstić information content (AvgIpc) is 2.75. The van der Waals surface area contributed by atoms with Gasteiger partial charge in [-0.3, -0.25) is 0 Å². The minimum Gasteiger partial charge on any atom is -0.223 e. The van der Waals surface area contributed by atoms with Crippen LogP contribution in [0.4, 0.5) is 0 Å². The van der Waals surface area contributed by atoms with Crippen molar-refractivity contribution in [3.05, 3.63) is 29.3 Å². The molecule has 0 aliphatic heterocycles. The zero-order valence-corrected chi connectivity index (χ0v) is 9.64. The van der Waals surface area contributed by atoms with Gasteiger partial charge in [0.25, 0.3) is 0 Å². The van der Waals surface area contributed by atoms with Crippen molar-refractivity contribution in [1.82, 2.24) is 20.2 Å². The van der Waals surface area contributed by atoms with Crippen LogP contribution in [0.5, 0.6) is 0 Å². The first-order valence-corrected chi connectivity index (χ1v) is 5.41. The van der Waals surface area contributed by atoms with Gasteiger partial charge in [0, 0.05) is 7.05 Å². The molecular formula is C10H6N6S. The van der Waals surface area contributed by atoms with Gasteiger partial charge in [0.2, 0.25) is 5.16 Å². The van der Waals surface area contributed by atoms with E-state index in [9.17, 15) is 0 Å². The van der Waals surface area contributed by atoms with E-state index in [1.54, 1.807) is 25.2 Å². The molecule has 7 heteroatoms. The van der Waals surface area contributed by atoms with E-state index in [1.165, 1.54) is 16.4 Å². The van der Waals surface area contributed by atoms with E-state index >= 15 is 0 Å². The molecule has 0 amide bonds. The number of aryl methyl sites for hydroxylation is 1. The Labute approximate surface area is 101 Å². The number of hydrogen-bond donors (Lipinski definition) is 0. The van der Waals surface area contributed by atoms with Gasteiger partial charge in [-0.05, 0) is 34.3 Å². The Morgan fingerprint density at radius 1 is 1.24 bits per heavy atom. The molecule has 2 aromatic rings. The number of benzene rings is 1. The highest BCUT2D eigenvalue weighted by molar-refractivity contribution is 7.99. The minimum atomic E-state index is 0.442. The summed E-state index contributed by atoms with van der Waals surface area (Å²) in [5.74, 6) is 0. The third-order valence-corrected chi connectivity index (χ3v) is 3.20. The van der Waals surface area contributed by atoms with Crippen molar-refractivity contribution in [2.45, 2.75) is 10.1 Å². The molecule has 0 unspecified atom stereocenters. The lowest BCUT2D eigenvalue weighted by Crippen LogP contribution is -1.94. The van der Waals surface area contributed by atoms with Crippen LogP contribution < -0.4 is 0 Å². The normalized spacial score (nSPS) is 9.59. The molecule has 0 bridgehead atoms. The van der Waals surface area contributed by atoms with Crippen LogP contribution in [-0.4, -0.2) is 20.2 Å². The Bertz CT molecular complexity index is 601. The first-order chi connectivity index (χ1) is 8.26. The number of nitriles is 2. The molecule has 0 atom stereocenters. The van der Waals surface area contributed by atoms with Crippen molar-refractivity contribution in [3.63, 3.8) is 0 Å². The van der Waals surface area contributed by atoms with Crippen molar-refractivity contribution in [3.8, 4) is 12.1 Å². The fraction of sp³-hybridized carbons (Fsp3) is 0.100. The van der Waals surface area contributed by atoms with Crippen LogP contribution in [0.2, 0.25) is 0 Å². The second-order valence-corrected chi connectivity index (χ2v) is 4.07. The van der Waals surface area contributed by atoms with E-state index < -0.39 is 0 Å². The summed E-state index contributed by atoms with van der Waals surface area (Å²) in [4.78, 5) is 0.579. The molecule has 0 saturated carbocycles. The molecule has 0 aliphatic rings. The van der Waals surface area contributed by atoms with Gasteiger partial charge in [-0.1, -0.05) is 6.07 Å². The molecule has 0 spiro atoms. The lowest BCUT2D eigenvalue weighted by molar-refractivity contribution is 0.664. The van der Waals surface area contributed by atoms with Gasteiger partial charge in [-0.15, -0.1) is 5.10 Å². The summed E-state index contributed by atoms with van der Waals surface area (Å²) in [5.41, 5.74) is 0.883. The first kappa shape index (κ1) is 11.1. The summed E-state index contributed by atoms with van der Waals surface area (Å²) in [6.45, 7) is 0. The van der Waals surface area contributed by atoms with Crippen LogP contribution in [0.15, 0.2) is 28.3 Å². The molecule has 0 radical (unpaired) electrons. The lowest BCUT2D eigenvalue weighted by atomic mass is 10.1. The molecule has 1 aromatic carbocycles. The Morgan fingerprint density at radius 2 is 1.88 bits per heavy atom. The second kappa shape index (κ2) is 4.64. The van der Waals surface area contributed by atoms with E-state index in [2.05, 4.69) is 27.7 Å². The van der Waals surface area contributed by atoms with Crippen LogP contribution in [-0.2, 0) is 7.05 Å². The van der Waals surface area contributed by atoms with Gasteiger partial charge >= 0.3 is 0 Å². The molecule has 0 aliphatic carbocycles. The molecule has 17 heavy (non-hydrogen) atoms. The van der Waals surface area contributed by atoms with Gasteiger partial charge < -0.3 is 0 Å². The molecule has 1 heterocycles. The largest absolute Gasteiger partial charge is 0.223 e. The number of aromatic nitrogens is 4. The summed E-state index contributed by atoms with van der Waals surface area (Å²) in [7, 11) is 1.70. The van der Waals surface area contributed by atoms with Crippen molar-refractivity contribution in [2.75, 3.05) is 0 Å². The maximum atomic E-state index is 9.01. The topological polar surface area (TPSA) is 91.2 Å². The van der Waals surface area contributed by atoms with Crippen molar-refractivity contribution < 1.29 is 0 Å². The zero-order chi connectivity index (χ0) is 12.3. The highest BCUT2D eigenvalue weighted by atomic mass is 32.2. The predicted molar refractivity (Wildman–Crippen MR) is 58.8 cm³/mol. The Morgan fingerprint density at radius 3 is 2.35 bits per heavy atom. The quantitative estimate of drug-likeness (QED) is 0.783. The molecule has 0 saturated heterocycles. The lowest BCUT2D eigenvalue weighted by Gasteiger charge is -2.03. The van der Waals surface area contributed by atoms with E-state index in [0.29, 0.717) is 21.2 Å². The number of rotatable bonds is 2. The second-order valence-electron chi connectivity index (χ2n) is 3.09. The number of tetrazole rings is 1. The maximum Gasteiger partial charge on any atom is 0.213 e. The minimum absolute atomic E-state index is 0.442. The third-order valence-electron chi connectivity index (χ3n) is 2.03. The Hall–Kier alpha value is -2.38. The van der Waals surface area contributed by atoms with Crippen molar-refractivity contribution in [2.24, 2.45) is 7.05 Å². The van der Waals surface area contributed by atoms with Crippen LogP contribution in [0.25, 0.3) is 0 Å². The Kier molecular flexibility index (Phi) is 3.03. The molecule has 6 nitrogen and oxygen atoms in total. The zero-order valence-electron chi connectivity index (χ0n) is 8.82. The standard InChI is InChI=1S/C10H6N6S/c1-16-10(13-14-15-16)17-9-7(5-11)3-2-4-8(9)6-12/h2-4H,1H3. The van der Waals surface area contributed by atoms with Gasteiger partial charge in [0.15, 0.2) is 0 Å². The fourth-order valence-corrected chi connectivity index (χ4v) is 2.10. The molecule has 2 rings (SSSR count). The van der Waals surface area contributed by atoms with E-state index in [1.807, 2.05) is 0 Å². The number of hydrogen-bond acceptors (Lipinski definition) is 6. The van der Waals surface area contributed by atoms with Gasteiger partial charge in [-0.2, -0.15) is 10.5 Å². The molecule has 1 aromatic heterocycles. The van der Waals surface area contributed by atoms with Crippen molar-refractivity contribution in [1.29, 1.82) is 10.5 Å². The smallest absolute Gasteiger partial charge is 0.213 e.